The van der Waals surface area contributed by atoms with Crippen LogP contribution >= 0.6 is 23.2 Å². The van der Waals surface area contributed by atoms with Gasteiger partial charge in [0.25, 0.3) is 0 Å². The van der Waals surface area contributed by atoms with Gasteiger partial charge in [-0.05, 0) is 37.1 Å². The first-order chi connectivity index (χ1) is 10.0. The summed E-state index contributed by atoms with van der Waals surface area (Å²) in [6.07, 6.45) is -0.122. The maximum atomic E-state index is 11.5. The number of benzene rings is 1. The Morgan fingerprint density at radius 3 is 2.57 bits per heavy atom. The zero-order valence-corrected chi connectivity index (χ0v) is 13.4. The van der Waals surface area contributed by atoms with Crippen LogP contribution in [0.3, 0.4) is 0 Å². The predicted molar refractivity (Wildman–Crippen MR) is 83.9 cm³/mol. The minimum absolute atomic E-state index is 0.0773. The van der Waals surface area contributed by atoms with Crippen molar-refractivity contribution in [1.29, 1.82) is 0 Å². The molecule has 7 heteroatoms. The van der Waals surface area contributed by atoms with Crippen LogP contribution in [0.2, 0.25) is 10.0 Å². The van der Waals surface area contributed by atoms with Gasteiger partial charge in [-0.25, -0.2) is 4.79 Å². The summed E-state index contributed by atoms with van der Waals surface area (Å²) in [4.78, 5) is 11.5. The smallest absolute Gasteiger partial charge is 0.314 e. The molecule has 0 saturated heterocycles. The van der Waals surface area contributed by atoms with Crippen LogP contribution in [0.5, 0.6) is 0 Å². The zero-order chi connectivity index (χ0) is 15.7. The van der Waals surface area contributed by atoms with E-state index in [-0.39, 0.29) is 12.6 Å². The normalized spacial score (nSPS) is 12.0. The van der Waals surface area contributed by atoms with Crippen molar-refractivity contribution < 1.29 is 14.6 Å². The lowest BCUT2D eigenvalue weighted by atomic mass is 10.1. The number of aliphatic hydroxyl groups excluding tert-OH is 1. The summed E-state index contributed by atoms with van der Waals surface area (Å²) in [5.74, 6) is 0. The third-order valence-corrected chi connectivity index (χ3v) is 3.12. The molecule has 3 N–H and O–H groups in total. The number of rotatable bonds is 8. The number of amides is 2. The van der Waals surface area contributed by atoms with E-state index < -0.39 is 6.10 Å². The molecular weight excluding hydrogens is 315 g/mol. The Kier molecular flexibility index (Phi) is 8.45. The molecule has 1 aromatic rings. The van der Waals surface area contributed by atoms with E-state index in [1.165, 1.54) is 0 Å². The van der Waals surface area contributed by atoms with Crippen molar-refractivity contribution in [3.05, 3.63) is 33.8 Å². The lowest BCUT2D eigenvalue weighted by molar-refractivity contribution is 0.144. The van der Waals surface area contributed by atoms with Gasteiger partial charge >= 0.3 is 6.03 Å². The monoisotopic (exact) mass is 334 g/mol. The maximum absolute atomic E-state index is 11.5. The van der Waals surface area contributed by atoms with E-state index in [1.807, 2.05) is 6.92 Å². The van der Waals surface area contributed by atoms with Crippen LogP contribution in [0.4, 0.5) is 4.79 Å². The standard InChI is InChI=1S/C14H20Cl2N2O3/c1-2-21-5-3-4-17-14(20)18-9-13(19)10-6-11(15)8-12(16)7-10/h6-8,13,19H,2-5,9H2,1H3,(H2,17,18,20). The van der Waals surface area contributed by atoms with Gasteiger partial charge in [-0.3, -0.25) is 0 Å². The largest absolute Gasteiger partial charge is 0.387 e. The molecule has 1 unspecified atom stereocenters. The number of ether oxygens (including phenoxy) is 1. The molecule has 1 atom stereocenters. The number of aliphatic hydroxyl groups is 1. The summed E-state index contributed by atoms with van der Waals surface area (Å²) < 4.78 is 5.16. The second-order valence-electron chi connectivity index (χ2n) is 4.41. The lowest BCUT2D eigenvalue weighted by Gasteiger charge is -2.13. The fourth-order valence-electron chi connectivity index (χ4n) is 1.66. The number of halogens is 2. The number of carbonyl (C=O) groups is 1. The van der Waals surface area contributed by atoms with Crippen molar-refractivity contribution in [1.82, 2.24) is 10.6 Å². The first-order valence-electron chi connectivity index (χ1n) is 6.76. The molecule has 2 amide bonds. The molecule has 0 aromatic heterocycles. The summed E-state index contributed by atoms with van der Waals surface area (Å²) in [6, 6.07) is 4.47. The summed E-state index contributed by atoms with van der Waals surface area (Å²) >= 11 is 11.7. The van der Waals surface area contributed by atoms with Gasteiger partial charge in [0.15, 0.2) is 0 Å². The van der Waals surface area contributed by atoms with Crippen molar-refractivity contribution in [2.45, 2.75) is 19.4 Å². The lowest BCUT2D eigenvalue weighted by Crippen LogP contribution is -2.38. The fourth-order valence-corrected chi connectivity index (χ4v) is 2.20. The molecule has 0 heterocycles. The van der Waals surface area contributed by atoms with Crippen molar-refractivity contribution in [2.75, 3.05) is 26.3 Å². The molecule has 0 radical (unpaired) electrons. The average Bonchev–Trinajstić information content (AvgIpc) is 2.43. The summed E-state index contributed by atoms with van der Waals surface area (Å²) in [5.41, 5.74) is 0.559. The number of nitrogens with one attached hydrogen (secondary N) is 2. The molecule has 1 rings (SSSR count). The van der Waals surface area contributed by atoms with Gasteiger partial charge in [-0.15, -0.1) is 0 Å². The minimum atomic E-state index is -0.865. The second-order valence-corrected chi connectivity index (χ2v) is 5.28. The van der Waals surface area contributed by atoms with Crippen LogP contribution in [0, 0.1) is 0 Å². The maximum Gasteiger partial charge on any atom is 0.314 e. The molecule has 0 saturated carbocycles. The summed E-state index contributed by atoms with van der Waals surface area (Å²) in [7, 11) is 0. The topological polar surface area (TPSA) is 70.6 Å². The molecule has 0 aliphatic carbocycles. The molecule has 0 aliphatic heterocycles. The Bertz CT molecular complexity index is 438. The first-order valence-corrected chi connectivity index (χ1v) is 7.52. The molecule has 0 fully saturated rings. The predicted octanol–water partition coefficient (Wildman–Crippen LogP) is 2.75. The van der Waals surface area contributed by atoms with Crippen LogP contribution in [-0.4, -0.2) is 37.4 Å². The van der Waals surface area contributed by atoms with E-state index in [9.17, 15) is 9.90 Å². The van der Waals surface area contributed by atoms with Gasteiger partial charge in [0.1, 0.15) is 0 Å². The molecule has 0 bridgehead atoms. The van der Waals surface area contributed by atoms with E-state index in [4.69, 9.17) is 27.9 Å². The SMILES string of the molecule is CCOCCCNC(=O)NCC(O)c1cc(Cl)cc(Cl)c1. The molecular formula is C14H20Cl2N2O3. The van der Waals surface area contributed by atoms with Gasteiger partial charge in [-0.2, -0.15) is 0 Å². The van der Waals surface area contributed by atoms with Crippen LogP contribution in [-0.2, 0) is 4.74 Å². The highest BCUT2D eigenvalue weighted by molar-refractivity contribution is 6.34. The van der Waals surface area contributed by atoms with Crippen molar-refractivity contribution in [3.63, 3.8) is 0 Å². The van der Waals surface area contributed by atoms with E-state index in [2.05, 4.69) is 10.6 Å². The van der Waals surface area contributed by atoms with Gasteiger partial charge in [0.05, 0.1) is 6.10 Å². The van der Waals surface area contributed by atoms with Crippen LogP contribution in [0.15, 0.2) is 18.2 Å². The summed E-state index contributed by atoms with van der Waals surface area (Å²) in [5, 5.41) is 16.1. The van der Waals surface area contributed by atoms with Crippen LogP contribution in [0.25, 0.3) is 0 Å². The Hall–Kier alpha value is -1.01. The van der Waals surface area contributed by atoms with Gasteiger partial charge in [0, 0.05) is 36.3 Å². The van der Waals surface area contributed by atoms with E-state index >= 15 is 0 Å². The quantitative estimate of drug-likeness (QED) is 0.640. The highest BCUT2D eigenvalue weighted by Crippen LogP contribution is 2.23. The first kappa shape index (κ1) is 18.0. The van der Waals surface area contributed by atoms with Crippen molar-refractivity contribution in [2.24, 2.45) is 0 Å². The Balaban J connectivity index is 2.28. The van der Waals surface area contributed by atoms with Crippen LogP contribution in [0.1, 0.15) is 25.0 Å². The third kappa shape index (κ3) is 7.52. The molecule has 5 nitrogen and oxygen atoms in total. The van der Waals surface area contributed by atoms with E-state index in [0.29, 0.717) is 35.4 Å². The molecule has 0 aliphatic rings. The van der Waals surface area contributed by atoms with E-state index in [1.54, 1.807) is 18.2 Å². The van der Waals surface area contributed by atoms with Crippen molar-refractivity contribution in [3.8, 4) is 0 Å². The van der Waals surface area contributed by atoms with Gasteiger partial charge in [-0.1, -0.05) is 23.2 Å². The highest BCUT2D eigenvalue weighted by atomic mass is 35.5. The number of carbonyl (C=O) groups excluding carboxylic acids is 1. The van der Waals surface area contributed by atoms with E-state index in [0.717, 1.165) is 6.42 Å². The summed E-state index contributed by atoms with van der Waals surface area (Å²) in [6.45, 7) is 3.80. The highest BCUT2D eigenvalue weighted by Gasteiger charge is 2.10. The van der Waals surface area contributed by atoms with Gasteiger partial charge < -0.3 is 20.5 Å². The molecule has 21 heavy (non-hydrogen) atoms. The second kappa shape index (κ2) is 9.84. The fraction of sp³-hybridized carbons (Fsp3) is 0.500. The van der Waals surface area contributed by atoms with Crippen LogP contribution < -0.4 is 10.6 Å². The minimum Gasteiger partial charge on any atom is -0.387 e. The molecule has 1 aromatic carbocycles. The zero-order valence-electron chi connectivity index (χ0n) is 11.9. The third-order valence-electron chi connectivity index (χ3n) is 2.68. The number of urea groups is 1. The van der Waals surface area contributed by atoms with Crippen molar-refractivity contribution >= 4 is 29.2 Å². The number of hydrogen-bond acceptors (Lipinski definition) is 3. The average molecular weight is 335 g/mol. The molecule has 0 spiro atoms. The number of hydrogen-bond donors (Lipinski definition) is 3. The molecule has 118 valence electrons. The van der Waals surface area contributed by atoms with Gasteiger partial charge in [0.2, 0.25) is 0 Å². The Morgan fingerprint density at radius 1 is 1.29 bits per heavy atom. The Morgan fingerprint density at radius 2 is 1.95 bits per heavy atom. The Labute approximate surface area is 134 Å².